The molecule has 0 N–H and O–H groups in total. The second-order valence-corrected chi connectivity index (χ2v) is 3.54. The van der Waals surface area contributed by atoms with Crippen molar-refractivity contribution in [3.8, 4) is 0 Å². The van der Waals surface area contributed by atoms with Gasteiger partial charge in [0.25, 0.3) is 0 Å². The highest BCUT2D eigenvalue weighted by atomic mass is 79.9. The van der Waals surface area contributed by atoms with Gasteiger partial charge in [0, 0.05) is 12.4 Å². The first kappa shape index (κ1) is 8.01. The monoisotopic (exact) mass is 248 g/mol. The van der Waals surface area contributed by atoms with E-state index < -0.39 is 0 Å². The van der Waals surface area contributed by atoms with Gasteiger partial charge in [0.1, 0.15) is 11.0 Å². The summed E-state index contributed by atoms with van der Waals surface area (Å²) in [4.78, 5) is 3.97. The van der Waals surface area contributed by atoms with Gasteiger partial charge >= 0.3 is 0 Å². The molecule has 0 spiro atoms. The van der Waals surface area contributed by atoms with Crippen LogP contribution in [0.2, 0.25) is 5.15 Å². The van der Waals surface area contributed by atoms with E-state index >= 15 is 0 Å². The van der Waals surface area contributed by atoms with E-state index in [-0.39, 0.29) is 5.82 Å². The van der Waals surface area contributed by atoms with Crippen molar-refractivity contribution < 1.29 is 4.39 Å². The molecule has 0 bridgehead atoms. The molecule has 0 saturated carbocycles. The zero-order valence-electron chi connectivity index (χ0n) is 5.76. The SMILES string of the molecule is Fc1cc(Br)c2nc(Cl)cn2c1. The summed E-state index contributed by atoms with van der Waals surface area (Å²) in [7, 11) is 0. The Bertz CT molecular complexity index is 440. The summed E-state index contributed by atoms with van der Waals surface area (Å²) in [6, 6.07) is 1.35. The average Bonchev–Trinajstić information content (AvgIpc) is 2.29. The highest BCUT2D eigenvalue weighted by Crippen LogP contribution is 2.20. The fourth-order valence-corrected chi connectivity index (χ4v) is 1.69. The Labute approximate surface area is 81.1 Å². The van der Waals surface area contributed by atoms with Crippen LogP contribution in [0.5, 0.6) is 0 Å². The lowest BCUT2D eigenvalue weighted by Gasteiger charge is -1.95. The number of hydrogen-bond acceptors (Lipinski definition) is 1. The lowest BCUT2D eigenvalue weighted by atomic mass is 10.4. The highest BCUT2D eigenvalue weighted by Gasteiger charge is 2.04. The first-order chi connectivity index (χ1) is 5.66. The predicted octanol–water partition coefficient (Wildman–Crippen LogP) is 2.89. The number of hydrogen-bond donors (Lipinski definition) is 0. The molecule has 2 aromatic rings. The van der Waals surface area contributed by atoms with Crippen LogP contribution in [0.1, 0.15) is 0 Å². The van der Waals surface area contributed by atoms with Crippen molar-refractivity contribution >= 4 is 33.2 Å². The number of imidazole rings is 1. The third kappa shape index (κ3) is 1.21. The molecule has 0 radical (unpaired) electrons. The normalized spacial score (nSPS) is 10.9. The largest absolute Gasteiger partial charge is 0.302 e. The van der Waals surface area contributed by atoms with Crippen LogP contribution in [-0.2, 0) is 0 Å². The van der Waals surface area contributed by atoms with E-state index in [1.165, 1.54) is 16.7 Å². The molecule has 12 heavy (non-hydrogen) atoms. The van der Waals surface area contributed by atoms with Gasteiger partial charge in [-0.25, -0.2) is 9.37 Å². The van der Waals surface area contributed by atoms with E-state index in [0.717, 1.165) is 0 Å². The first-order valence-electron chi connectivity index (χ1n) is 3.16. The number of rotatable bonds is 0. The highest BCUT2D eigenvalue weighted by molar-refractivity contribution is 9.10. The van der Waals surface area contributed by atoms with Gasteiger partial charge in [-0.1, -0.05) is 11.6 Å². The quantitative estimate of drug-likeness (QED) is 0.702. The predicted molar refractivity (Wildman–Crippen MR) is 47.9 cm³/mol. The number of fused-ring (bicyclic) bond motifs is 1. The molecule has 0 aromatic carbocycles. The van der Waals surface area contributed by atoms with Crippen LogP contribution in [0.4, 0.5) is 4.39 Å². The Hall–Kier alpha value is -0.610. The molecule has 2 rings (SSSR count). The zero-order valence-corrected chi connectivity index (χ0v) is 8.10. The zero-order chi connectivity index (χ0) is 8.72. The van der Waals surface area contributed by atoms with Crippen LogP contribution in [0.3, 0.4) is 0 Å². The summed E-state index contributed by atoms with van der Waals surface area (Å²) in [5.74, 6) is -0.330. The Morgan fingerprint density at radius 3 is 3.00 bits per heavy atom. The van der Waals surface area contributed by atoms with Gasteiger partial charge < -0.3 is 4.40 Å². The summed E-state index contributed by atoms with van der Waals surface area (Å²) < 4.78 is 14.9. The maximum atomic E-state index is 12.8. The average molecular weight is 249 g/mol. The van der Waals surface area contributed by atoms with E-state index in [1.54, 1.807) is 6.20 Å². The van der Waals surface area contributed by atoms with Crippen LogP contribution < -0.4 is 0 Å². The van der Waals surface area contributed by atoms with Crippen molar-refractivity contribution in [1.82, 2.24) is 9.38 Å². The van der Waals surface area contributed by atoms with Gasteiger partial charge in [0.2, 0.25) is 0 Å². The van der Waals surface area contributed by atoms with Gasteiger partial charge in [0.15, 0.2) is 5.65 Å². The topological polar surface area (TPSA) is 17.3 Å². The lowest BCUT2D eigenvalue weighted by Crippen LogP contribution is -1.86. The molecule has 2 aromatic heterocycles. The van der Waals surface area contributed by atoms with Gasteiger partial charge in [-0.3, -0.25) is 0 Å². The smallest absolute Gasteiger partial charge is 0.153 e. The van der Waals surface area contributed by atoms with Gasteiger partial charge in [-0.05, 0) is 22.0 Å². The van der Waals surface area contributed by atoms with Gasteiger partial charge in [-0.15, -0.1) is 0 Å². The summed E-state index contributed by atoms with van der Waals surface area (Å²) in [6.45, 7) is 0. The van der Waals surface area contributed by atoms with Crippen molar-refractivity contribution in [2.75, 3.05) is 0 Å². The second kappa shape index (κ2) is 2.71. The fraction of sp³-hybridized carbons (Fsp3) is 0. The van der Waals surface area contributed by atoms with Crippen LogP contribution in [0.25, 0.3) is 5.65 Å². The van der Waals surface area contributed by atoms with Crippen LogP contribution >= 0.6 is 27.5 Å². The Morgan fingerprint density at radius 1 is 1.50 bits per heavy atom. The minimum absolute atomic E-state index is 0.330. The molecule has 0 aliphatic carbocycles. The Balaban J connectivity index is 2.88. The number of aromatic nitrogens is 2. The van der Waals surface area contributed by atoms with E-state index in [2.05, 4.69) is 20.9 Å². The number of pyridine rings is 1. The molecule has 2 nitrogen and oxygen atoms in total. The molecular formula is C7H3BrClFN2. The summed E-state index contributed by atoms with van der Waals surface area (Å²) in [6.07, 6.45) is 2.86. The summed E-state index contributed by atoms with van der Waals surface area (Å²) in [5.41, 5.74) is 0.612. The molecule has 0 amide bonds. The van der Waals surface area contributed by atoms with Crippen molar-refractivity contribution in [3.63, 3.8) is 0 Å². The molecular weight excluding hydrogens is 246 g/mol. The molecule has 0 atom stereocenters. The standard InChI is InChI=1S/C7H3BrClFN2/c8-5-1-4(10)2-12-3-6(9)11-7(5)12/h1-3H. The van der Waals surface area contributed by atoms with Crippen LogP contribution in [-0.4, -0.2) is 9.38 Å². The Morgan fingerprint density at radius 2 is 2.25 bits per heavy atom. The molecule has 0 aliphatic heterocycles. The van der Waals surface area contributed by atoms with Gasteiger partial charge in [-0.2, -0.15) is 0 Å². The molecule has 2 heterocycles. The first-order valence-corrected chi connectivity index (χ1v) is 4.33. The van der Waals surface area contributed by atoms with Crippen LogP contribution in [0, 0.1) is 5.82 Å². The fourth-order valence-electron chi connectivity index (χ4n) is 0.995. The number of halogens is 3. The third-order valence-electron chi connectivity index (χ3n) is 1.44. The maximum absolute atomic E-state index is 12.8. The van der Waals surface area contributed by atoms with Crippen LogP contribution in [0.15, 0.2) is 22.9 Å². The summed E-state index contributed by atoms with van der Waals surface area (Å²) >= 11 is 8.81. The molecule has 5 heteroatoms. The minimum atomic E-state index is -0.330. The van der Waals surface area contributed by atoms with Crippen molar-refractivity contribution in [2.45, 2.75) is 0 Å². The Kier molecular flexibility index (Phi) is 1.81. The van der Waals surface area contributed by atoms with Gasteiger partial charge in [0.05, 0.1) is 4.47 Å². The molecule has 0 saturated heterocycles. The van der Waals surface area contributed by atoms with E-state index in [0.29, 0.717) is 15.3 Å². The molecule has 0 unspecified atom stereocenters. The number of nitrogens with zero attached hydrogens (tertiary/aromatic N) is 2. The summed E-state index contributed by atoms with van der Waals surface area (Å²) in [5, 5.41) is 0.348. The van der Waals surface area contributed by atoms with Crippen molar-refractivity contribution in [3.05, 3.63) is 33.9 Å². The lowest BCUT2D eigenvalue weighted by molar-refractivity contribution is 0.618. The third-order valence-corrected chi connectivity index (χ3v) is 2.21. The second-order valence-electron chi connectivity index (χ2n) is 2.30. The minimum Gasteiger partial charge on any atom is -0.302 e. The van der Waals surface area contributed by atoms with E-state index in [1.807, 2.05) is 0 Å². The molecule has 62 valence electrons. The van der Waals surface area contributed by atoms with E-state index in [9.17, 15) is 4.39 Å². The maximum Gasteiger partial charge on any atom is 0.153 e. The molecule has 0 fully saturated rings. The van der Waals surface area contributed by atoms with Crippen molar-refractivity contribution in [2.24, 2.45) is 0 Å². The molecule has 0 aliphatic rings. The van der Waals surface area contributed by atoms with E-state index in [4.69, 9.17) is 11.6 Å². The van der Waals surface area contributed by atoms with Crippen molar-refractivity contribution in [1.29, 1.82) is 0 Å².